The number of thioether (sulfide) groups is 1. The lowest BCUT2D eigenvalue weighted by molar-refractivity contribution is -0.120. The van der Waals surface area contributed by atoms with Gasteiger partial charge in [-0.25, -0.2) is 0 Å². The van der Waals surface area contributed by atoms with Crippen molar-refractivity contribution in [2.45, 2.75) is 26.4 Å². The van der Waals surface area contributed by atoms with E-state index < -0.39 is 0 Å². The van der Waals surface area contributed by atoms with E-state index in [2.05, 4.69) is 53.4 Å². The van der Waals surface area contributed by atoms with Crippen molar-refractivity contribution < 1.29 is 4.79 Å². The monoisotopic (exact) mass is 335 g/mol. The Morgan fingerprint density at radius 1 is 1.17 bits per heavy atom. The fraction of sp³-hybridized carbons (Fsp3) is 0.611. The number of piperazine rings is 1. The molecule has 0 spiro atoms. The Morgan fingerprint density at radius 2 is 1.87 bits per heavy atom. The largest absolute Gasteiger partial charge is 0.352 e. The number of nitrogens with zero attached hydrogens (tertiary/aromatic N) is 2. The van der Waals surface area contributed by atoms with Gasteiger partial charge >= 0.3 is 0 Å². The van der Waals surface area contributed by atoms with Crippen LogP contribution in [0.2, 0.25) is 0 Å². The third-order valence-corrected chi connectivity index (χ3v) is 5.16. The second kappa shape index (κ2) is 9.96. The van der Waals surface area contributed by atoms with Gasteiger partial charge in [-0.1, -0.05) is 31.2 Å². The van der Waals surface area contributed by atoms with Crippen molar-refractivity contribution >= 4 is 17.7 Å². The molecule has 23 heavy (non-hydrogen) atoms. The van der Waals surface area contributed by atoms with Gasteiger partial charge < -0.3 is 10.2 Å². The summed E-state index contributed by atoms with van der Waals surface area (Å²) in [6.07, 6.45) is 0.610. The number of rotatable bonds is 8. The van der Waals surface area contributed by atoms with E-state index in [0.29, 0.717) is 13.0 Å². The molecule has 1 aromatic rings. The van der Waals surface area contributed by atoms with Crippen molar-refractivity contribution in [1.29, 1.82) is 0 Å². The second-order valence-electron chi connectivity index (χ2n) is 6.07. The Hall–Kier alpha value is -1.04. The van der Waals surface area contributed by atoms with E-state index in [-0.39, 0.29) is 5.91 Å². The summed E-state index contributed by atoms with van der Waals surface area (Å²) in [5.41, 5.74) is 2.57. The molecule has 1 aliphatic rings. The van der Waals surface area contributed by atoms with Gasteiger partial charge in [0.25, 0.3) is 0 Å². The molecule has 0 bridgehead atoms. The molecule has 1 N–H and O–H groups in total. The topological polar surface area (TPSA) is 35.6 Å². The van der Waals surface area contributed by atoms with Crippen molar-refractivity contribution in [1.82, 2.24) is 15.1 Å². The Labute approximate surface area is 144 Å². The molecule has 0 saturated carbocycles. The Balaban J connectivity index is 1.83. The lowest BCUT2D eigenvalue weighted by Gasteiger charge is -2.32. The van der Waals surface area contributed by atoms with E-state index in [1.54, 1.807) is 0 Å². The minimum absolute atomic E-state index is 0.153. The number of likely N-dealkylation sites (N-methyl/N-ethyl adjacent to an activating group) is 1. The van der Waals surface area contributed by atoms with E-state index in [4.69, 9.17) is 0 Å². The van der Waals surface area contributed by atoms with Crippen LogP contribution >= 0.6 is 11.8 Å². The predicted molar refractivity (Wildman–Crippen MR) is 98.7 cm³/mol. The number of nitrogens with one attached hydrogen (secondary N) is 1. The Kier molecular flexibility index (Phi) is 7.92. The molecule has 4 nitrogen and oxygen atoms in total. The molecule has 1 aliphatic heterocycles. The highest BCUT2D eigenvalue weighted by Gasteiger charge is 2.15. The molecule has 0 aliphatic carbocycles. The lowest BCUT2D eigenvalue weighted by Crippen LogP contribution is -2.44. The maximum Gasteiger partial charge on any atom is 0.221 e. The van der Waals surface area contributed by atoms with Crippen molar-refractivity contribution in [2.75, 3.05) is 44.7 Å². The number of hydrogen-bond acceptors (Lipinski definition) is 4. The zero-order chi connectivity index (χ0) is 16.5. The zero-order valence-corrected chi connectivity index (χ0v) is 15.2. The zero-order valence-electron chi connectivity index (χ0n) is 14.4. The van der Waals surface area contributed by atoms with Crippen LogP contribution in [-0.2, 0) is 17.9 Å². The number of carbonyl (C=O) groups is 1. The third-order valence-electron chi connectivity index (χ3n) is 4.26. The normalized spacial score (nSPS) is 16.4. The molecule has 5 heteroatoms. The summed E-state index contributed by atoms with van der Waals surface area (Å²) in [5.74, 6) is 2.13. The molecule has 1 heterocycles. The number of benzene rings is 1. The van der Waals surface area contributed by atoms with Crippen LogP contribution in [0.25, 0.3) is 0 Å². The summed E-state index contributed by atoms with van der Waals surface area (Å²) in [6.45, 7) is 8.24. The van der Waals surface area contributed by atoms with Crippen LogP contribution in [0.5, 0.6) is 0 Å². The summed E-state index contributed by atoms with van der Waals surface area (Å²) >= 11 is 1.81. The lowest BCUT2D eigenvalue weighted by atomic mass is 10.1. The number of hydrogen-bond donors (Lipinski definition) is 1. The molecular weight excluding hydrogens is 306 g/mol. The first-order valence-corrected chi connectivity index (χ1v) is 9.66. The SMILES string of the molecule is CCSCCC(=O)NCc1ccccc1CN1CCN(C)CC1. The van der Waals surface area contributed by atoms with Crippen molar-refractivity contribution in [3.8, 4) is 0 Å². The highest BCUT2D eigenvalue weighted by Crippen LogP contribution is 2.13. The quantitative estimate of drug-likeness (QED) is 0.739. The van der Waals surface area contributed by atoms with Gasteiger partial charge in [-0.15, -0.1) is 0 Å². The minimum Gasteiger partial charge on any atom is -0.352 e. The van der Waals surface area contributed by atoms with Crippen molar-refractivity contribution in [2.24, 2.45) is 0 Å². The van der Waals surface area contributed by atoms with Gasteiger partial charge in [-0.2, -0.15) is 11.8 Å². The van der Waals surface area contributed by atoms with Crippen LogP contribution < -0.4 is 5.32 Å². The van der Waals surface area contributed by atoms with Gasteiger partial charge in [0.05, 0.1) is 0 Å². The van der Waals surface area contributed by atoms with Crippen LogP contribution in [-0.4, -0.2) is 60.4 Å². The first-order valence-electron chi connectivity index (χ1n) is 8.51. The fourth-order valence-electron chi connectivity index (χ4n) is 2.72. The second-order valence-corrected chi connectivity index (χ2v) is 7.47. The van der Waals surface area contributed by atoms with Gasteiger partial charge in [0.1, 0.15) is 0 Å². The number of carbonyl (C=O) groups excluding carboxylic acids is 1. The van der Waals surface area contributed by atoms with E-state index in [9.17, 15) is 4.79 Å². The highest BCUT2D eigenvalue weighted by molar-refractivity contribution is 7.99. The molecule has 1 saturated heterocycles. The van der Waals surface area contributed by atoms with E-state index in [1.807, 2.05) is 11.8 Å². The average Bonchev–Trinajstić information content (AvgIpc) is 2.56. The number of amides is 1. The first-order chi connectivity index (χ1) is 11.2. The van der Waals surface area contributed by atoms with Crippen LogP contribution in [0.4, 0.5) is 0 Å². The van der Waals surface area contributed by atoms with Gasteiger partial charge in [0, 0.05) is 51.4 Å². The third kappa shape index (κ3) is 6.53. The molecule has 0 radical (unpaired) electrons. The van der Waals surface area contributed by atoms with Gasteiger partial charge in [0.15, 0.2) is 0 Å². The van der Waals surface area contributed by atoms with Crippen LogP contribution in [0.15, 0.2) is 24.3 Å². The molecule has 1 amide bonds. The average molecular weight is 336 g/mol. The maximum absolute atomic E-state index is 11.9. The summed E-state index contributed by atoms with van der Waals surface area (Å²) in [7, 11) is 2.18. The smallest absolute Gasteiger partial charge is 0.221 e. The molecule has 0 aromatic heterocycles. The Bertz CT molecular complexity index is 487. The van der Waals surface area contributed by atoms with Gasteiger partial charge in [0.2, 0.25) is 5.91 Å². The molecule has 128 valence electrons. The summed E-state index contributed by atoms with van der Waals surface area (Å²) in [4.78, 5) is 16.8. The standard InChI is InChI=1S/C18H29N3OS/c1-3-23-13-8-18(22)19-14-16-6-4-5-7-17(16)15-21-11-9-20(2)10-12-21/h4-7H,3,8-15H2,1-2H3,(H,19,22). The maximum atomic E-state index is 11.9. The minimum atomic E-state index is 0.153. The highest BCUT2D eigenvalue weighted by atomic mass is 32.2. The van der Waals surface area contributed by atoms with E-state index in [0.717, 1.165) is 44.2 Å². The van der Waals surface area contributed by atoms with Crippen molar-refractivity contribution in [3.63, 3.8) is 0 Å². The fourth-order valence-corrected chi connectivity index (χ4v) is 3.34. The molecule has 0 atom stereocenters. The van der Waals surface area contributed by atoms with Gasteiger partial charge in [-0.05, 0) is 23.9 Å². The van der Waals surface area contributed by atoms with Crippen molar-refractivity contribution in [3.05, 3.63) is 35.4 Å². The molecule has 0 unspecified atom stereocenters. The van der Waals surface area contributed by atoms with E-state index in [1.165, 1.54) is 11.1 Å². The van der Waals surface area contributed by atoms with E-state index >= 15 is 0 Å². The van der Waals surface area contributed by atoms with Crippen LogP contribution in [0, 0.1) is 0 Å². The molecular formula is C18H29N3OS. The van der Waals surface area contributed by atoms with Crippen LogP contribution in [0.3, 0.4) is 0 Å². The van der Waals surface area contributed by atoms with Gasteiger partial charge in [-0.3, -0.25) is 9.69 Å². The predicted octanol–water partition coefficient (Wildman–Crippen LogP) is 2.19. The molecule has 1 fully saturated rings. The summed E-state index contributed by atoms with van der Waals surface area (Å²) in [6, 6.07) is 8.47. The van der Waals surface area contributed by atoms with Crippen LogP contribution in [0.1, 0.15) is 24.5 Å². The molecule has 1 aromatic carbocycles. The Morgan fingerprint density at radius 3 is 2.57 bits per heavy atom. The molecule has 2 rings (SSSR count). The summed E-state index contributed by atoms with van der Waals surface area (Å²) < 4.78 is 0. The summed E-state index contributed by atoms with van der Waals surface area (Å²) in [5, 5.41) is 3.06. The first kappa shape index (κ1) is 18.3.